The van der Waals surface area contributed by atoms with Crippen LogP contribution in [0.3, 0.4) is 0 Å². The van der Waals surface area contributed by atoms with Crippen molar-refractivity contribution in [2.75, 3.05) is 36.5 Å². The molecule has 1 aromatic heterocycles. The lowest BCUT2D eigenvalue weighted by molar-refractivity contribution is -0.136. The van der Waals surface area contributed by atoms with Crippen molar-refractivity contribution in [3.05, 3.63) is 40.5 Å². The first-order valence-corrected chi connectivity index (χ1v) is 7.70. The Hall–Kier alpha value is -2.26. The number of nitrogens with zero attached hydrogens (tertiary/aromatic N) is 2. The van der Waals surface area contributed by atoms with Crippen LogP contribution >= 0.6 is 11.6 Å². The number of aromatic nitrogens is 1. The maximum atomic E-state index is 13.1. The summed E-state index contributed by atoms with van der Waals surface area (Å²) < 4.78 is 49.5. The number of hydrogen-bond donors (Lipinski definition) is 1. The SMILES string of the molecule is O=C(Nc1ccc(Cl)cc1C(F)(F)F)c1cc(N2CCOCC2)on1. The van der Waals surface area contributed by atoms with Gasteiger partial charge in [-0.15, -0.1) is 0 Å². The molecule has 2 aromatic rings. The van der Waals surface area contributed by atoms with E-state index >= 15 is 0 Å². The lowest BCUT2D eigenvalue weighted by atomic mass is 10.1. The third kappa shape index (κ3) is 4.05. The van der Waals surface area contributed by atoms with Crippen LogP contribution < -0.4 is 10.2 Å². The Balaban J connectivity index is 1.78. The predicted octanol–water partition coefficient (Wildman–Crippen LogP) is 3.44. The van der Waals surface area contributed by atoms with Gasteiger partial charge in [0.1, 0.15) is 0 Å². The molecule has 0 radical (unpaired) electrons. The van der Waals surface area contributed by atoms with Gasteiger partial charge >= 0.3 is 6.18 Å². The van der Waals surface area contributed by atoms with E-state index in [-0.39, 0.29) is 10.7 Å². The lowest BCUT2D eigenvalue weighted by Crippen LogP contribution is -2.35. The zero-order chi connectivity index (χ0) is 18.0. The first kappa shape index (κ1) is 17.6. The van der Waals surface area contributed by atoms with Gasteiger partial charge in [-0.05, 0) is 18.2 Å². The summed E-state index contributed by atoms with van der Waals surface area (Å²) in [5.41, 5.74) is -1.56. The van der Waals surface area contributed by atoms with Crippen LogP contribution in [-0.2, 0) is 10.9 Å². The van der Waals surface area contributed by atoms with Gasteiger partial charge in [0.2, 0.25) is 5.88 Å². The maximum Gasteiger partial charge on any atom is 0.418 e. The molecule has 1 saturated heterocycles. The summed E-state index contributed by atoms with van der Waals surface area (Å²) in [7, 11) is 0. The number of ether oxygens (including phenoxy) is 1. The van der Waals surface area contributed by atoms with Crippen molar-refractivity contribution < 1.29 is 27.2 Å². The fourth-order valence-electron chi connectivity index (χ4n) is 2.35. The largest absolute Gasteiger partial charge is 0.418 e. The molecule has 10 heteroatoms. The van der Waals surface area contributed by atoms with Crippen LogP contribution in [0.4, 0.5) is 24.7 Å². The van der Waals surface area contributed by atoms with Gasteiger partial charge in [0.25, 0.3) is 5.91 Å². The van der Waals surface area contributed by atoms with Crippen LogP contribution in [0.15, 0.2) is 28.8 Å². The van der Waals surface area contributed by atoms with E-state index in [1.165, 1.54) is 12.1 Å². The van der Waals surface area contributed by atoms with E-state index in [2.05, 4.69) is 10.5 Å². The summed E-state index contributed by atoms with van der Waals surface area (Å²) in [5, 5.41) is 5.73. The summed E-state index contributed by atoms with van der Waals surface area (Å²) >= 11 is 5.61. The van der Waals surface area contributed by atoms with Gasteiger partial charge in [0.05, 0.1) is 24.5 Å². The average Bonchev–Trinajstić information content (AvgIpc) is 3.06. The Bertz CT molecular complexity index is 773. The second-order valence-electron chi connectivity index (χ2n) is 5.29. The molecule has 1 aromatic carbocycles. The fraction of sp³-hybridized carbons (Fsp3) is 0.333. The minimum Gasteiger partial charge on any atom is -0.378 e. The number of benzene rings is 1. The highest BCUT2D eigenvalue weighted by atomic mass is 35.5. The van der Waals surface area contributed by atoms with E-state index in [0.717, 1.165) is 12.1 Å². The van der Waals surface area contributed by atoms with Crippen LogP contribution in [0.2, 0.25) is 5.02 Å². The Morgan fingerprint density at radius 2 is 1.96 bits per heavy atom. The van der Waals surface area contributed by atoms with Crippen molar-refractivity contribution in [2.45, 2.75) is 6.18 Å². The molecule has 25 heavy (non-hydrogen) atoms. The molecular weight excluding hydrogens is 363 g/mol. The number of carbonyl (C=O) groups excluding carboxylic acids is 1. The smallest absolute Gasteiger partial charge is 0.378 e. The van der Waals surface area contributed by atoms with Crippen LogP contribution in [0.1, 0.15) is 16.1 Å². The third-order valence-corrected chi connectivity index (χ3v) is 3.82. The average molecular weight is 376 g/mol. The number of rotatable bonds is 3. The van der Waals surface area contributed by atoms with Gasteiger partial charge in [0.15, 0.2) is 5.69 Å². The van der Waals surface area contributed by atoms with Crippen molar-refractivity contribution >= 4 is 29.1 Å². The van der Waals surface area contributed by atoms with Crippen molar-refractivity contribution in [1.82, 2.24) is 5.16 Å². The fourth-order valence-corrected chi connectivity index (χ4v) is 2.52. The minimum absolute atomic E-state index is 0.0821. The van der Waals surface area contributed by atoms with Crippen molar-refractivity contribution in [3.8, 4) is 0 Å². The number of carbonyl (C=O) groups is 1. The second kappa shape index (κ2) is 6.93. The summed E-state index contributed by atoms with van der Waals surface area (Å²) in [6.07, 6.45) is -4.66. The second-order valence-corrected chi connectivity index (χ2v) is 5.73. The number of alkyl halides is 3. The van der Waals surface area contributed by atoms with E-state index in [9.17, 15) is 18.0 Å². The summed E-state index contributed by atoms with van der Waals surface area (Å²) in [5.74, 6) is -0.448. The van der Waals surface area contributed by atoms with Crippen LogP contribution in [-0.4, -0.2) is 37.4 Å². The molecule has 0 atom stereocenters. The molecule has 0 saturated carbocycles. The molecule has 6 nitrogen and oxygen atoms in total. The molecule has 1 fully saturated rings. The van der Waals surface area contributed by atoms with E-state index in [1.54, 1.807) is 0 Å². The van der Waals surface area contributed by atoms with Gasteiger partial charge in [-0.1, -0.05) is 16.8 Å². The predicted molar refractivity (Wildman–Crippen MR) is 83.9 cm³/mol. The maximum absolute atomic E-state index is 13.1. The van der Waals surface area contributed by atoms with Crippen molar-refractivity contribution in [1.29, 1.82) is 0 Å². The molecule has 0 spiro atoms. The number of nitrogens with one attached hydrogen (secondary N) is 1. The Morgan fingerprint density at radius 3 is 2.64 bits per heavy atom. The van der Waals surface area contributed by atoms with E-state index < -0.39 is 23.3 Å². The molecule has 1 aliphatic heterocycles. The van der Waals surface area contributed by atoms with Gasteiger partial charge in [-0.3, -0.25) is 4.79 Å². The Kier molecular flexibility index (Phi) is 4.87. The van der Waals surface area contributed by atoms with E-state index in [4.69, 9.17) is 20.9 Å². The zero-order valence-corrected chi connectivity index (χ0v) is 13.5. The van der Waals surface area contributed by atoms with E-state index in [0.29, 0.717) is 32.2 Å². The molecule has 0 bridgehead atoms. The molecule has 2 heterocycles. The molecule has 0 aliphatic carbocycles. The molecule has 1 N–H and O–H groups in total. The number of anilines is 2. The molecule has 0 unspecified atom stereocenters. The lowest BCUT2D eigenvalue weighted by Gasteiger charge is -2.25. The monoisotopic (exact) mass is 375 g/mol. The number of hydrogen-bond acceptors (Lipinski definition) is 5. The van der Waals surface area contributed by atoms with Gasteiger partial charge in [-0.2, -0.15) is 13.2 Å². The van der Waals surface area contributed by atoms with E-state index in [1.807, 2.05) is 4.90 Å². The number of halogens is 4. The van der Waals surface area contributed by atoms with Crippen LogP contribution in [0.25, 0.3) is 0 Å². The first-order chi connectivity index (χ1) is 11.8. The van der Waals surface area contributed by atoms with Crippen molar-refractivity contribution in [3.63, 3.8) is 0 Å². The molecule has 1 aliphatic rings. The number of morpholine rings is 1. The van der Waals surface area contributed by atoms with Gasteiger partial charge in [0, 0.05) is 24.2 Å². The third-order valence-electron chi connectivity index (χ3n) is 3.59. The highest BCUT2D eigenvalue weighted by Gasteiger charge is 2.34. The normalized spacial score (nSPS) is 15.3. The zero-order valence-electron chi connectivity index (χ0n) is 12.8. The molecule has 1 amide bonds. The standard InChI is InChI=1S/C15H13ClF3N3O3/c16-9-1-2-11(10(7-9)15(17,18)19)20-14(23)12-8-13(25-21-12)22-3-5-24-6-4-22/h1-2,7-8H,3-6H2,(H,20,23). The topological polar surface area (TPSA) is 67.6 Å². The van der Waals surface area contributed by atoms with Crippen molar-refractivity contribution in [2.24, 2.45) is 0 Å². The Labute approximate surface area is 145 Å². The Morgan fingerprint density at radius 1 is 1.24 bits per heavy atom. The summed E-state index contributed by atoms with van der Waals surface area (Å²) in [6, 6.07) is 4.48. The van der Waals surface area contributed by atoms with Gasteiger partial charge < -0.3 is 19.5 Å². The van der Waals surface area contributed by atoms with Crippen LogP contribution in [0.5, 0.6) is 0 Å². The van der Waals surface area contributed by atoms with Crippen LogP contribution in [0, 0.1) is 0 Å². The quantitative estimate of drug-likeness (QED) is 0.890. The minimum atomic E-state index is -4.66. The highest BCUT2D eigenvalue weighted by Crippen LogP contribution is 2.36. The highest BCUT2D eigenvalue weighted by molar-refractivity contribution is 6.30. The first-order valence-electron chi connectivity index (χ1n) is 7.32. The molecular formula is C15H13ClF3N3O3. The summed E-state index contributed by atoms with van der Waals surface area (Å²) in [6.45, 7) is 2.18. The molecule has 3 rings (SSSR count). The van der Waals surface area contributed by atoms with Gasteiger partial charge in [-0.25, -0.2) is 0 Å². The number of amides is 1. The molecule has 134 valence electrons. The summed E-state index contributed by atoms with van der Waals surface area (Å²) in [4.78, 5) is 14.0.